The first kappa shape index (κ1) is 9.24. The fourth-order valence-corrected chi connectivity index (χ4v) is 0.636. The lowest BCUT2D eigenvalue weighted by Gasteiger charge is -1.94. The van der Waals surface area contributed by atoms with Crippen LogP contribution in [0.1, 0.15) is 13.3 Å². The summed E-state index contributed by atoms with van der Waals surface area (Å²) in [5, 5.41) is 8.70. The van der Waals surface area contributed by atoms with Crippen LogP contribution in [0.5, 0.6) is 0 Å². The Morgan fingerprint density at radius 3 is 2.40 bits per heavy atom. The van der Waals surface area contributed by atoms with Crippen molar-refractivity contribution < 1.29 is 9.90 Å². The van der Waals surface area contributed by atoms with E-state index < -0.39 is 5.97 Å². The summed E-state index contributed by atoms with van der Waals surface area (Å²) in [6, 6.07) is 0. The van der Waals surface area contributed by atoms with E-state index in [9.17, 15) is 4.79 Å². The van der Waals surface area contributed by atoms with Gasteiger partial charge in [-0.15, -0.1) is 0 Å². The third-order valence-corrected chi connectivity index (χ3v) is 1.10. The lowest BCUT2D eigenvalue weighted by Crippen LogP contribution is -1.98. The maximum absolute atomic E-state index is 10.3. The van der Waals surface area contributed by atoms with Gasteiger partial charge in [0.15, 0.2) is 0 Å². The minimum absolute atomic E-state index is 0.249. The fourth-order valence-electron chi connectivity index (χ4n) is 0.504. The SMILES string of the molecule is C=C(Cl)C=C(CC)C(=O)O. The van der Waals surface area contributed by atoms with Crippen LogP contribution in [-0.4, -0.2) is 11.1 Å². The number of carbonyl (C=O) groups is 1. The van der Waals surface area contributed by atoms with Gasteiger partial charge in [0.25, 0.3) is 0 Å². The molecule has 0 saturated heterocycles. The predicted molar refractivity (Wildman–Crippen MR) is 41.0 cm³/mol. The molecule has 0 fully saturated rings. The molecule has 0 spiro atoms. The van der Waals surface area contributed by atoms with Crippen LogP contribution in [0.15, 0.2) is 23.3 Å². The molecular formula is C7H9ClO2. The molecule has 0 aliphatic rings. The lowest BCUT2D eigenvalue weighted by molar-refractivity contribution is -0.132. The van der Waals surface area contributed by atoms with E-state index >= 15 is 0 Å². The van der Waals surface area contributed by atoms with Gasteiger partial charge in [0.2, 0.25) is 0 Å². The van der Waals surface area contributed by atoms with Crippen molar-refractivity contribution in [3.63, 3.8) is 0 Å². The lowest BCUT2D eigenvalue weighted by atomic mass is 10.2. The van der Waals surface area contributed by atoms with Gasteiger partial charge in [0, 0.05) is 10.6 Å². The molecule has 0 aromatic heterocycles. The number of allylic oxidation sites excluding steroid dienone is 2. The molecule has 0 atom stereocenters. The van der Waals surface area contributed by atoms with Crippen molar-refractivity contribution in [1.29, 1.82) is 0 Å². The Morgan fingerprint density at radius 2 is 2.30 bits per heavy atom. The predicted octanol–water partition coefficient (Wildman–Crippen LogP) is 2.16. The fraction of sp³-hybridized carbons (Fsp3) is 0.286. The van der Waals surface area contributed by atoms with Crippen molar-refractivity contribution in [3.05, 3.63) is 23.3 Å². The summed E-state index contributed by atoms with van der Waals surface area (Å²) in [6.07, 6.45) is 1.81. The summed E-state index contributed by atoms with van der Waals surface area (Å²) in [5.74, 6) is -0.940. The van der Waals surface area contributed by atoms with Crippen LogP contribution in [0.25, 0.3) is 0 Å². The van der Waals surface area contributed by atoms with Crippen molar-refractivity contribution >= 4 is 17.6 Å². The van der Waals surface area contributed by atoms with Gasteiger partial charge in [0.1, 0.15) is 0 Å². The highest BCUT2D eigenvalue weighted by Gasteiger charge is 2.02. The van der Waals surface area contributed by atoms with Crippen LogP contribution in [0, 0.1) is 0 Å². The minimum atomic E-state index is -0.940. The summed E-state index contributed by atoms with van der Waals surface area (Å²) in [7, 11) is 0. The molecule has 0 rings (SSSR count). The first-order valence-corrected chi connectivity index (χ1v) is 3.24. The number of carboxylic acid groups (broad SMARTS) is 1. The van der Waals surface area contributed by atoms with E-state index in [1.807, 2.05) is 0 Å². The molecule has 2 nitrogen and oxygen atoms in total. The van der Waals surface area contributed by atoms with E-state index in [1.165, 1.54) is 6.08 Å². The minimum Gasteiger partial charge on any atom is -0.478 e. The molecule has 0 heterocycles. The normalized spacial score (nSPS) is 11.2. The summed E-state index contributed by atoms with van der Waals surface area (Å²) in [6.45, 7) is 5.10. The molecule has 1 N–H and O–H groups in total. The zero-order valence-corrected chi connectivity index (χ0v) is 6.48. The Balaban J connectivity index is 4.34. The van der Waals surface area contributed by atoms with Gasteiger partial charge in [-0.3, -0.25) is 0 Å². The second-order valence-electron chi connectivity index (χ2n) is 1.78. The van der Waals surface area contributed by atoms with E-state index in [1.54, 1.807) is 6.92 Å². The molecule has 0 aliphatic heterocycles. The Labute approximate surface area is 64.8 Å². The van der Waals surface area contributed by atoms with E-state index in [0.29, 0.717) is 6.42 Å². The largest absolute Gasteiger partial charge is 0.478 e. The number of carboxylic acids is 1. The molecule has 0 aromatic rings. The molecule has 3 heteroatoms. The number of rotatable bonds is 3. The molecule has 0 unspecified atom stereocenters. The molecule has 0 amide bonds. The number of hydrogen-bond acceptors (Lipinski definition) is 1. The van der Waals surface area contributed by atoms with Crippen molar-refractivity contribution in [2.24, 2.45) is 0 Å². The first-order valence-electron chi connectivity index (χ1n) is 2.86. The zero-order valence-electron chi connectivity index (χ0n) is 5.72. The average molecular weight is 161 g/mol. The van der Waals surface area contributed by atoms with Gasteiger partial charge in [-0.05, 0) is 12.5 Å². The third kappa shape index (κ3) is 3.30. The molecule has 0 bridgehead atoms. The van der Waals surface area contributed by atoms with Gasteiger partial charge >= 0.3 is 5.97 Å². The van der Waals surface area contributed by atoms with Crippen molar-refractivity contribution in [1.82, 2.24) is 0 Å². The third-order valence-electron chi connectivity index (χ3n) is 0.986. The molecule has 0 saturated carbocycles. The van der Waals surface area contributed by atoms with Gasteiger partial charge in [0.05, 0.1) is 0 Å². The molecule has 56 valence electrons. The topological polar surface area (TPSA) is 37.3 Å². The van der Waals surface area contributed by atoms with Crippen molar-refractivity contribution in [3.8, 4) is 0 Å². The molecule has 10 heavy (non-hydrogen) atoms. The van der Waals surface area contributed by atoms with Crippen LogP contribution in [-0.2, 0) is 4.79 Å². The maximum atomic E-state index is 10.3. The Kier molecular flexibility index (Phi) is 3.81. The summed E-state index contributed by atoms with van der Waals surface area (Å²) >= 11 is 5.36. The highest BCUT2D eigenvalue weighted by Crippen LogP contribution is 2.07. The molecule has 0 aliphatic carbocycles. The molecular weight excluding hydrogens is 152 g/mol. The van der Waals surface area contributed by atoms with Crippen molar-refractivity contribution in [2.75, 3.05) is 0 Å². The highest BCUT2D eigenvalue weighted by molar-refractivity contribution is 6.31. The zero-order chi connectivity index (χ0) is 8.15. The number of halogens is 1. The van der Waals surface area contributed by atoms with Gasteiger partial charge < -0.3 is 5.11 Å². The summed E-state index contributed by atoms with van der Waals surface area (Å²) in [5.41, 5.74) is 0.278. The number of hydrogen-bond donors (Lipinski definition) is 1. The first-order chi connectivity index (χ1) is 4.57. The van der Waals surface area contributed by atoms with Gasteiger partial charge in [-0.1, -0.05) is 25.1 Å². The standard InChI is InChI=1S/C7H9ClO2/c1-3-6(7(9)10)4-5(2)8/h4H,2-3H2,1H3,(H,9,10). The van der Waals surface area contributed by atoms with Crippen LogP contribution >= 0.6 is 11.6 Å². The van der Waals surface area contributed by atoms with Gasteiger partial charge in [-0.25, -0.2) is 4.79 Å². The van der Waals surface area contributed by atoms with E-state index in [2.05, 4.69) is 6.58 Å². The second-order valence-corrected chi connectivity index (χ2v) is 2.26. The van der Waals surface area contributed by atoms with Crippen LogP contribution in [0.3, 0.4) is 0 Å². The van der Waals surface area contributed by atoms with E-state index in [4.69, 9.17) is 16.7 Å². The summed E-state index contributed by atoms with van der Waals surface area (Å²) < 4.78 is 0. The smallest absolute Gasteiger partial charge is 0.331 e. The second kappa shape index (κ2) is 4.12. The van der Waals surface area contributed by atoms with Crippen LogP contribution in [0.2, 0.25) is 0 Å². The van der Waals surface area contributed by atoms with Crippen LogP contribution < -0.4 is 0 Å². The van der Waals surface area contributed by atoms with Gasteiger partial charge in [-0.2, -0.15) is 0 Å². The molecule has 0 aromatic carbocycles. The van der Waals surface area contributed by atoms with Crippen molar-refractivity contribution in [2.45, 2.75) is 13.3 Å². The highest BCUT2D eigenvalue weighted by atomic mass is 35.5. The Bertz CT molecular complexity index is 182. The Hall–Kier alpha value is -0.760. The number of aliphatic carboxylic acids is 1. The van der Waals surface area contributed by atoms with Crippen LogP contribution in [0.4, 0.5) is 0 Å². The quantitative estimate of drug-likeness (QED) is 0.508. The average Bonchev–Trinajstić information content (AvgIpc) is 1.81. The summed E-state index contributed by atoms with van der Waals surface area (Å²) in [4.78, 5) is 10.3. The van der Waals surface area contributed by atoms with E-state index in [0.717, 1.165) is 0 Å². The van der Waals surface area contributed by atoms with E-state index in [-0.39, 0.29) is 10.6 Å². The monoisotopic (exact) mass is 160 g/mol. The Morgan fingerprint density at radius 1 is 1.80 bits per heavy atom. The molecule has 0 radical (unpaired) electrons. The maximum Gasteiger partial charge on any atom is 0.331 e.